The fraction of sp³-hybridized carbons (Fsp3) is 0.0192. The van der Waals surface area contributed by atoms with Gasteiger partial charge in [0.15, 0.2) is 17.5 Å². The summed E-state index contributed by atoms with van der Waals surface area (Å²) in [6, 6.07) is 66.8. The van der Waals surface area contributed by atoms with Gasteiger partial charge in [-0.25, -0.2) is 15.0 Å². The smallest absolute Gasteiger partial charge is 0.164 e. The molecule has 0 aliphatic heterocycles. The lowest BCUT2D eigenvalue weighted by atomic mass is 9.70. The Morgan fingerprint density at radius 3 is 1.55 bits per heavy atom. The summed E-state index contributed by atoms with van der Waals surface area (Å²) in [6.45, 7) is 0. The highest BCUT2D eigenvalue weighted by atomic mass is 16.3. The molecule has 0 amide bonds. The zero-order valence-corrected chi connectivity index (χ0v) is 30.1. The number of para-hydroxylation sites is 1. The van der Waals surface area contributed by atoms with Gasteiger partial charge in [0.1, 0.15) is 11.2 Å². The SMILES string of the molecule is c1ccc(-c2nc(-c3cccc(-c4ccc5c(c4)C4(c6ccccc6-c6ccccc64)c4ccccc4-5)c3)nc(-c3cccc4oc5ccccc5c34)n2)cc1. The van der Waals surface area contributed by atoms with Gasteiger partial charge in [0.2, 0.25) is 0 Å². The summed E-state index contributed by atoms with van der Waals surface area (Å²) in [7, 11) is 0. The highest BCUT2D eigenvalue weighted by molar-refractivity contribution is 6.11. The molecule has 10 aromatic rings. The van der Waals surface area contributed by atoms with Crippen molar-refractivity contribution in [2.75, 3.05) is 0 Å². The van der Waals surface area contributed by atoms with Crippen LogP contribution in [0.15, 0.2) is 192 Å². The molecule has 0 unspecified atom stereocenters. The predicted octanol–water partition coefficient (Wildman–Crippen LogP) is 12.8. The lowest BCUT2D eigenvalue weighted by Crippen LogP contribution is -2.25. The number of rotatable bonds is 4. The van der Waals surface area contributed by atoms with E-state index in [0.717, 1.165) is 49.8 Å². The minimum atomic E-state index is -0.404. The first-order valence-corrected chi connectivity index (χ1v) is 19.0. The lowest BCUT2D eigenvalue weighted by molar-refractivity contribution is 0.669. The molecule has 8 aromatic carbocycles. The Hall–Kier alpha value is -7.43. The van der Waals surface area contributed by atoms with Gasteiger partial charge in [0.05, 0.1) is 5.41 Å². The molecule has 0 saturated heterocycles. The third-order valence-corrected chi connectivity index (χ3v) is 11.8. The Morgan fingerprint density at radius 1 is 0.321 bits per heavy atom. The second kappa shape index (κ2) is 11.8. The molecule has 1 spiro atoms. The van der Waals surface area contributed by atoms with Crippen LogP contribution in [0.5, 0.6) is 0 Å². The third kappa shape index (κ3) is 4.32. The standard InChI is InChI=1S/C52H31N3O/c1-2-14-32(15-3-1)49-53-50(55-51(54-49)41-22-13-27-47-48(41)40-21-7-11-26-46(40)56-47)35-17-12-16-33(30-35)34-28-29-39-38-20-6-10-25-44(38)52(45(39)31-34)42-23-8-4-18-36(42)37-19-5-9-24-43(37)52/h1-31H. The molecule has 0 fully saturated rings. The average Bonchev–Trinajstić information content (AvgIpc) is 3.91. The first-order chi connectivity index (χ1) is 27.8. The number of benzene rings is 8. The van der Waals surface area contributed by atoms with E-state index >= 15 is 0 Å². The van der Waals surface area contributed by atoms with Crippen molar-refractivity contribution < 1.29 is 4.42 Å². The number of fused-ring (bicyclic) bond motifs is 13. The molecule has 4 nitrogen and oxygen atoms in total. The summed E-state index contributed by atoms with van der Waals surface area (Å²) in [5, 5.41) is 2.03. The van der Waals surface area contributed by atoms with Crippen molar-refractivity contribution in [3.63, 3.8) is 0 Å². The first-order valence-electron chi connectivity index (χ1n) is 19.0. The molecule has 56 heavy (non-hydrogen) atoms. The second-order valence-electron chi connectivity index (χ2n) is 14.7. The maximum atomic E-state index is 6.26. The van der Waals surface area contributed by atoms with Crippen molar-refractivity contribution >= 4 is 21.9 Å². The van der Waals surface area contributed by atoms with Gasteiger partial charge in [-0.1, -0.05) is 164 Å². The summed E-state index contributed by atoms with van der Waals surface area (Å²) in [5.41, 5.74) is 16.7. The Kier molecular flexibility index (Phi) is 6.52. The van der Waals surface area contributed by atoms with Crippen LogP contribution in [0.25, 0.3) is 89.5 Å². The molecule has 0 radical (unpaired) electrons. The molecular weight excluding hydrogens is 683 g/mol. The summed E-state index contributed by atoms with van der Waals surface area (Å²) < 4.78 is 6.26. The van der Waals surface area contributed by atoms with Gasteiger partial charge < -0.3 is 4.42 Å². The maximum Gasteiger partial charge on any atom is 0.164 e. The lowest BCUT2D eigenvalue weighted by Gasteiger charge is -2.30. The number of hydrogen-bond donors (Lipinski definition) is 0. The van der Waals surface area contributed by atoms with E-state index in [1.54, 1.807) is 0 Å². The van der Waals surface area contributed by atoms with Crippen molar-refractivity contribution in [2.24, 2.45) is 0 Å². The molecule has 2 heterocycles. The van der Waals surface area contributed by atoms with Gasteiger partial charge in [0, 0.05) is 27.5 Å². The Balaban J connectivity index is 1.04. The van der Waals surface area contributed by atoms with Crippen LogP contribution in [0.4, 0.5) is 0 Å². The zero-order valence-electron chi connectivity index (χ0n) is 30.1. The van der Waals surface area contributed by atoms with Crippen molar-refractivity contribution in [1.82, 2.24) is 15.0 Å². The fourth-order valence-corrected chi connectivity index (χ4v) is 9.42. The van der Waals surface area contributed by atoms with Crippen LogP contribution in [0.2, 0.25) is 0 Å². The Morgan fingerprint density at radius 2 is 0.821 bits per heavy atom. The van der Waals surface area contributed by atoms with E-state index in [9.17, 15) is 0 Å². The van der Waals surface area contributed by atoms with Crippen LogP contribution >= 0.6 is 0 Å². The van der Waals surface area contributed by atoms with Gasteiger partial charge in [-0.15, -0.1) is 0 Å². The molecule has 2 aliphatic rings. The van der Waals surface area contributed by atoms with E-state index in [1.165, 1.54) is 44.5 Å². The van der Waals surface area contributed by atoms with Crippen LogP contribution in [0.3, 0.4) is 0 Å². The van der Waals surface area contributed by atoms with E-state index in [2.05, 4.69) is 127 Å². The minimum absolute atomic E-state index is 0.404. The molecule has 2 aliphatic carbocycles. The summed E-state index contributed by atoms with van der Waals surface area (Å²) in [4.78, 5) is 15.4. The number of nitrogens with zero attached hydrogens (tertiary/aromatic N) is 3. The molecule has 260 valence electrons. The third-order valence-electron chi connectivity index (χ3n) is 11.8. The van der Waals surface area contributed by atoms with Crippen molar-refractivity contribution in [2.45, 2.75) is 5.41 Å². The number of aromatic nitrogens is 3. The maximum absolute atomic E-state index is 6.26. The van der Waals surface area contributed by atoms with E-state index < -0.39 is 5.41 Å². The van der Waals surface area contributed by atoms with Gasteiger partial charge >= 0.3 is 0 Å². The minimum Gasteiger partial charge on any atom is -0.456 e. The van der Waals surface area contributed by atoms with E-state index in [0.29, 0.717) is 17.5 Å². The normalized spacial score (nSPS) is 13.1. The topological polar surface area (TPSA) is 51.8 Å². The summed E-state index contributed by atoms with van der Waals surface area (Å²) >= 11 is 0. The van der Waals surface area contributed by atoms with Crippen molar-refractivity contribution in [3.05, 3.63) is 210 Å². The fourth-order valence-electron chi connectivity index (χ4n) is 9.42. The van der Waals surface area contributed by atoms with E-state index in [1.807, 2.05) is 60.7 Å². The molecular formula is C52H31N3O. The van der Waals surface area contributed by atoms with Gasteiger partial charge in [-0.05, 0) is 79.9 Å². The van der Waals surface area contributed by atoms with Crippen LogP contribution in [-0.4, -0.2) is 15.0 Å². The second-order valence-corrected chi connectivity index (χ2v) is 14.7. The highest BCUT2D eigenvalue weighted by Crippen LogP contribution is 2.63. The van der Waals surface area contributed by atoms with E-state index in [-0.39, 0.29) is 0 Å². The van der Waals surface area contributed by atoms with Crippen LogP contribution in [-0.2, 0) is 5.41 Å². The van der Waals surface area contributed by atoms with Crippen molar-refractivity contribution in [3.8, 4) is 67.5 Å². The van der Waals surface area contributed by atoms with Crippen molar-refractivity contribution in [1.29, 1.82) is 0 Å². The Labute approximate surface area is 323 Å². The Bertz CT molecular complexity index is 3150. The van der Waals surface area contributed by atoms with Crippen LogP contribution in [0.1, 0.15) is 22.3 Å². The quantitative estimate of drug-likeness (QED) is 0.182. The monoisotopic (exact) mass is 713 g/mol. The largest absolute Gasteiger partial charge is 0.456 e. The van der Waals surface area contributed by atoms with Crippen LogP contribution < -0.4 is 0 Å². The number of furan rings is 1. The van der Waals surface area contributed by atoms with Gasteiger partial charge in [-0.2, -0.15) is 0 Å². The highest BCUT2D eigenvalue weighted by Gasteiger charge is 2.51. The van der Waals surface area contributed by atoms with E-state index in [4.69, 9.17) is 19.4 Å². The van der Waals surface area contributed by atoms with Gasteiger partial charge in [0.25, 0.3) is 0 Å². The molecule has 0 N–H and O–H groups in total. The molecule has 12 rings (SSSR count). The molecule has 0 atom stereocenters. The predicted molar refractivity (Wildman–Crippen MR) is 225 cm³/mol. The van der Waals surface area contributed by atoms with Gasteiger partial charge in [-0.3, -0.25) is 0 Å². The average molecular weight is 714 g/mol. The van der Waals surface area contributed by atoms with Crippen LogP contribution in [0, 0.1) is 0 Å². The summed E-state index contributed by atoms with van der Waals surface area (Å²) in [5.74, 6) is 1.84. The molecule has 4 heteroatoms. The molecule has 0 saturated carbocycles. The molecule has 2 aromatic heterocycles. The zero-order chi connectivity index (χ0) is 36.8. The molecule has 0 bridgehead atoms. The summed E-state index contributed by atoms with van der Waals surface area (Å²) in [6.07, 6.45) is 0. The number of hydrogen-bond acceptors (Lipinski definition) is 4. The first kappa shape index (κ1) is 31.0.